The lowest BCUT2D eigenvalue weighted by Gasteiger charge is -2.15. The fourth-order valence-electron chi connectivity index (χ4n) is 0.856. The van der Waals surface area contributed by atoms with Gasteiger partial charge in [0.1, 0.15) is 0 Å². The molecule has 0 amide bonds. The first-order chi connectivity index (χ1) is 3.85. The van der Waals surface area contributed by atoms with Crippen LogP contribution in [0.15, 0.2) is 0 Å². The van der Waals surface area contributed by atoms with Crippen LogP contribution in [-0.4, -0.2) is 24.5 Å². The standard InChI is InChI=1S/C7H17N.2ClH/c1-4-7-8(5-2)6-3;;/h4-7H2,1-3H3;2*1H. The minimum absolute atomic E-state index is 0. The highest BCUT2D eigenvalue weighted by molar-refractivity contribution is 5.85. The Hall–Kier alpha value is 0.540. The van der Waals surface area contributed by atoms with Gasteiger partial charge in [-0.15, -0.1) is 24.8 Å². The number of nitrogens with zero attached hydrogens (tertiary/aromatic N) is 1. The van der Waals surface area contributed by atoms with Crippen LogP contribution in [0.2, 0.25) is 0 Å². The normalized spacial score (nSPS) is 8.40. The topological polar surface area (TPSA) is 3.24 Å². The summed E-state index contributed by atoms with van der Waals surface area (Å²) in [6.45, 7) is 10.3. The fourth-order valence-corrected chi connectivity index (χ4v) is 0.856. The quantitative estimate of drug-likeness (QED) is 0.655. The Bertz CT molecular complexity index is 46.9. The van der Waals surface area contributed by atoms with Gasteiger partial charge in [-0.05, 0) is 26.1 Å². The third-order valence-electron chi connectivity index (χ3n) is 1.43. The van der Waals surface area contributed by atoms with Gasteiger partial charge in [0.05, 0.1) is 0 Å². The minimum atomic E-state index is 0. The smallest absolute Gasteiger partial charge is 0.00216 e. The van der Waals surface area contributed by atoms with E-state index in [-0.39, 0.29) is 24.8 Å². The van der Waals surface area contributed by atoms with Crippen molar-refractivity contribution in [1.29, 1.82) is 0 Å². The van der Waals surface area contributed by atoms with E-state index in [2.05, 4.69) is 25.7 Å². The van der Waals surface area contributed by atoms with Gasteiger partial charge in [-0.3, -0.25) is 0 Å². The second-order valence-corrected chi connectivity index (χ2v) is 2.03. The molecular weight excluding hydrogens is 169 g/mol. The number of halogens is 2. The third kappa shape index (κ3) is 8.54. The highest BCUT2D eigenvalue weighted by atomic mass is 35.5. The van der Waals surface area contributed by atoms with Gasteiger partial charge in [0.25, 0.3) is 0 Å². The van der Waals surface area contributed by atoms with E-state index in [1.54, 1.807) is 0 Å². The van der Waals surface area contributed by atoms with Gasteiger partial charge >= 0.3 is 0 Å². The van der Waals surface area contributed by atoms with Crippen molar-refractivity contribution in [2.45, 2.75) is 27.2 Å². The maximum absolute atomic E-state index is 2.43. The van der Waals surface area contributed by atoms with Gasteiger partial charge in [0, 0.05) is 0 Å². The zero-order valence-electron chi connectivity index (χ0n) is 7.09. The summed E-state index contributed by atoms with van der Waals surface area (Å²) >= 11 is 0. The fraction of sp³-hybridized carbons (Fsp3) is 1.00. The highest BCUT2D eigenvalue weighted by Crippen LogP contribution is 1.87. The van der Waals surface area contributed by atoms with E-state index < -0.39 is 0 Å². The highest BCUT2D eigenvalue weighted by Gasteiger charge is 1.92. The predicted octanol–water partition coefficient (Wildman–Crippen LogP) is 2.58. The van der Waals surface area contributed by atoms with Crippen molar-refractivity contribution in [3.8, 4) is 0 Å². The summed E-state index contributed by atoms with van der Waals surface area (Å²) in [7, 11) is 0. The minimum Gasteiger partial charge on any atom is -0.304 e. The molecule has 0 rings (SSSR count). The van der Waals surface area contributed by atoms with Gasteiger partial charge in [-0.25, -0.2) is 0 Å². The van der Waals surface area contributed by atoms with E-state index in [0.717, 1.165) is 0 Å². The molecule has 0 bridgehead atoms. The number of hydrogen-bond donors (Lipinski definition) is 0. The first-order valence-electron chi connectivity index (χ1n) is 3.57. The molecule has 0 saturated carbocycles. The average Bonchev–Trinajstić information content (AvgIpc) is 1.83. The first-order valence-corrected chi connectivity index (χ1v) is 3.57. The SMILES string of the molecule is CCCN(CC)CC.Cl.Cl. The van der Waals surface area contributed by atoms with E-state index in [1.807, 2.05) is 0 Å². The first kappa shape index (κ1) is 16.9. The second-order valence-electron chi connectivity index (χ2n) is 2.03. The van der Waals surface area contributed by atoms with Crippen LogP contribution in [0.5, 0.6) is 0 Å². The molecule has 0 saturated heterocycles. The van der Waals surface area contributed by atoms with Crippen LogP contribution in [0.1, 0.15) is 27.2 Å². The molecule has 10 heavy (non-hydrogen) atoms. The summed E-state index contributed by atoms with van der Waals surface area (Å²) in [5.74, 6) is 0. The molecular formula is C7H19Cl2N. The molecule has 0 aliphatic carbocycles. The van der Waals surface area contributed by atoms with Gasteiger partial charge in [0.2, 0.25) is 0 Å². The molecule has 0 aliphatic rings. The molecule has 0 aromatic heterocycles. The van der Waals surface area contributed by atoms with Crippen molar-refractivity contribution >= 4 is 24.8 Å². The second kappa shape index (κ2) is 12.2. The van der Waals surface area contributed by atoms with Crippen molar-refractivity contribution in [2.24, 2.45) is 0 Å². The summed E-state index contributed by atoms with van der Waals surface area (Å²) in [5.41, 5.74) is 0. The molecule has 0 heterocycles. The van der Waals surface area contributed by atoms with E-state index in [4.69, 9.17) is 0 Å². The maximum Gasteiger partial charge on any atom is -0.00216 e. The van der Waals surface area contributed by atoms with Gasteiger partial charge in [-0.1, -0.05) is 20.8 Å². The molecule has 66 valence electrons. The van der Waals surface area contributed by atoms with Crippen LogP contribution in [-0.2, 0) is 0 Å². The molecule has 1 nitrogen and oxygen atoms in total. The molecule has 3 heteroatoms. The lowest BCUT2D eigenvalue weighted by atomic mass is 10.4. The Kier molecular flexibility index (Phi) is 20.6. The molecule has 0 N–H and O–H groups in total. The summed E-state index contributed by atoms with van der Waals surface area (Å²) in [6.07, 6.45) is 1.28. The Morgan fingerprint density at radius 1 is 0.900 bits per heavy atom. The van der Waals surface area contributed by atoms with Gasteiger partial charge < -0.3 is 4.90 Å². The van der Waals surface area contributed by atoms with E-state index >= 15 is 0 Å². The van der Waals surface area contributed by atoms with Crippen LogP contribution < -0.4 is 0 Å². The Morgan fingerprint density at radius 2 is 1.30 bits per heavy atom. The van der Waals surface area contributed by atoms with Crippen molar-refractivity contribution in [3.05, 3.63) is 0 Å². The van der Waals surface area contributed by atoms with E-state index in [9.17, 15) is 0 Å². The van der Waals surface area contributed by atoms with Crippen LogP contribution in [0.4, 0.5) is 0 Å². The maximum atomic E-state index is 2.43. The molecule has 0 aromatic carbocycles. The predicted molar refractivity (Wildman–Crippen MR) is 52.6 cm³/mol. The largest absolute Gasteiger partial charge is 0.304 e. The van der Waals surface area contributed by atoms with Crippen LogP contribution >= 0.6 is 24.8 Å². The average molecular weight is 188 g/mol. The lowest BCUT2D eigenvalue weighted by molar-refractivity contribution is 0.304. The molecule has 0 spiro atoms. The van der Waals surface area contributed by atoms with E-state index in [0.29, 0.717) is 0 Å². The number of rotatable bonds is 4. The summed E-state index contributed by atoms with van der Waals surface area (Å²) < 4.78 is 0. The lowest BCUT2D eigenvalue weighted by Crippen LogP contribution is -2.23. The Balaban J connectivity index is -0.000000245. The summed E-state index contributed by atoms with van der Waals surface area (Å²) in [4.78, 5) is 2.43. The Morgan fingerprint density at radius 3 is 1.40 bits per heavy atom. The molecule has 0 fully saturated rings. The van der Waals surface area contributed by atoms with Crippen LogP contribution in [0, 0.1) is 0 Å². The van der Waals surface area contributed by atoms with Crippen molar-refractivity contribution < 1.29 is 0 Å². The zero-order chi connectivity index (χ0) is 6.41. The molecule has 0 radical (unpaired) electrons. The number of hydrogen-bond acceptors (Lipinski definition) is 1. The molecule has 0 atom stereocenters. The van der Waals surface area contributed by atoms with Crippen molar-refractivity contribution in [3.63, 3.8) is 0 Å². The van der Waals surface area contributed by atoms with E-state index in [1.165, 1.54) is 26.1 Å². The monoisotopic (exact) mass is 187 g/mol. The Labute approximate surface area is 77.0 Å². The molecule has 0 unspecified atom stereocenters. The zero-order valence-corrected chi connectivity index (χ0v) is 8.73. The van der Waals surface area contributed by atoms with Crippen LogP contribution in [0.25, 0.3) is 0 Å². The summed E-state index contributed by atoms with van der Waals surface area (Å²) in [5, 5.41) is 0. The van der Waals surface area contributed by atoms with Crippen LogP contribution in [0.3, 0.4) is 0 Å². The van der Waals surface area contributed by atoms with Crippen molar-refractivity contribution in [2.75, 3.05) is 19.6 Å². The molecule has 0 aliphatic heterocycles. The van der Waals surface area contributed by atoms with Crippen molar-refractivity contribution in [1.82, 2.24) is 4.90 Å². The molecule has 0 aromatic rings. The summed E-state index contributed by atoms with van der Waals surface area (Å²) in [6, 6.07) is 0. The third-order valence-corrected chi connectivity index (χ3v) is 1.43. The van der Waals surface area contributed by atoms with Gasteiger partial charge in [0.15, 0.2) is 0 Å². The van der Waals surface area contributed by atoms with Gasteiger partial charge in [-0.2, -0.15) is 0 Å².